The van der Waals surface area contributed by atoms with Crippen LogP contribution in [0, 0.1) is 5.82 Å². The largest absolute Gasteiger partial charge is 0.496 e. The van der Waals surface area contributed by atoms with E-state index in [0.717, 1.165) is 24.2 Å². The minimum atomic E-state index is -1.68. The van der Waals surface area contributed by atoms with Crippen LogP contribution in [0.1, 0.15) is 61.7 Å². The first-order valence-electron chi connectivity index (χ1n) is 13.5. The molecule has 1 heterocycles. The first-order valence-corrected chi connectivity index (χ1v) is 14.7. The van der Waals surface area contributed by atoms with Gasteiger partial charge in [-0.1, -0.05) is 29.8 Å². The van der Waals surface area contributed by atoms with Crippen LogP contribution in [0.25, 0.3) is 10.1 Å². The molecule has 0 aliphatic heterocycles. The number of carbonyl (C=O) groups excluding carboxylic acids is 2. The van der Waals surface area contributed by atoms with Crippen LogP contribution in [0.2, 0.25) is 5.02 Å². The van der Waals surface area contributed by atoms with E-state index < -0.39 is 18.5 Å². The second kappa shape index (κ2) is 13.1. The summed E-state index contributed by atoms with van der Waals surface area (Å²) in [6.45, 7) is 5.70. The number of nitrogens with zero attached hydrogens (tertiary/aromatic N) is 1. The lowest BCUT2D eigenvalue weighted by molar-refractivity contribution is -0.153. The third kappa shape index (κ3) is 7.58. The Bertz CT molecular complexity index is 1400. The van der Waals surface area contributed by atoms with Crippen LogP contribution in [-0.4, -0.2) is 65.3 Å². The first-order chi connectivity index (χ1) is 19.4. The minimum absolute atomic E-state index is 0.0808. The molecular weight excluding hydrogens is 570 g/mol. The summed E-state index contributed by atoms with van der Waals surface area (Å²) >= 11 is 7.73. The van der Waals surface area contributed by atoms with E-state index in [4.69, 9.17) is 21.1 Å². The predicted octanol–water partition coefficient (Wildman–Crippen LogP) is 4.27. The number of hydrogen-bond acceptors (Lipinski definition) is 8. The first kappa shape index (κ1) is 31.2. The normalized spacial score (nSPS) is 17.4. The fourth-order valence-electron chi connectivity index (χ4n) is 5.17. The molecule has 3 aromatic rings. The van der Waals surface area contributed by atoms with Gasteiger partial charge in [-0.3, -0.25) is 9.59 Å². The molecule has 220 valence electrons. The second-order valence-electron chi connectivity index (χ2n) is 11.2. The summed E-state index contributed by atoms with van der Waals surface area (Å²) in [5.41, 5.74) is 0.309. The van der Waals surface area contributed by atoms with Crippen molar-refractivity contribution < 1.29 is 33.5 Å². The van der Waals surface area contributed by atoms with Crippen molar-refractivity contribution in [3.05, 3.63) is 57.7 Å². The molecule has 1 saturated carbocycles. The van der Waals surface area contributed by atoms with E-state index in [1.54, 1.807) is 35.2 Å². The number of methoxy groups -OCH3 is 1. The van der Waals surface area contributed by atoms with Crippen LogP contribution >= 0.6 is 22.9 Å². The maximum absolute atomic E-state index is 14.6. The number of thiophene rings is 1. The van der Waals surface area contributed by atoms with Gasteiger partial charge >= 0.3 is 13.1 Å². The van der Waals surface area contributed by atoms with Crippen molar-refractivity contribution in [1.82, 2.24) is 10.2 Å². The van der Waals surface area contributed by atoms with Crippen LogP contribution in [0.15, 0.2) is 36.4 Å². The number of amides is 1. The van der Waals surface area contributed by atoms with Crippen LogP contribution < -0.4 is 15.5 Å². The van der Waals surface area contributed by atoms with Gasteiger partial charge in [0.15, 0.2) is 0 Å². The lowest BCUT2D eigenvalue weighted by Crippen LogP contribution is -2.46. The third-order valence-electron chi connectivity index (χ3n) is 7.10. The van der Waals surface area contributed by atoms with Crippen molar-refractivity contribution in [1.29, 1.82) is 0 Å². The molecule has 1 aliphatic rings. The van der Waals surface area contributed by atoms with Crippen LogP contribution in [0.3, 0.4) is 0 Å². The zero-order chi connectivity index (χ0) is 29.9. The van der Waals surface area contributed by atoms with Crippen molar-refractivity contribution in [3.8, 4) is 5.75 Å². The molecule has 1 aromatic heterocycles. The maximum atomic E-state index is 14.6. The second-order valence-corrected chi connectivity index (χ2v) is 12.6. The van der Waals surface area contributed by atoms with Gasteiger partial charge in [-0.05, 0) is 70.1 Å². The molecule has 8 nitrogen and oxygen atoms in total. The Hall–Kier alpha value is -2.70. The molecular formula is C29H35BClFN2O6S. The highest BCUT2D eigenvalue weighted by Crippen LogP contribution is 2.39. The molecule has 2 aromatic carbocycles. The number of nitrogens with one attached hydrogen (secondary N) is 1. The summed E-state index contributed by atoms with van der Waals surface area (Å²) in [7, 11) is -0.178. The lowest BCUT2D eigenvalue weighted by Gasteiger charge is -2.37. The van der Waals surface area contributed by atoms with Gasteiger partial charge in [0, 0.05) is 34.3 Å². The number of benzene rings is 2. The average molecular weight is 605 g/mol. The number of hydrogen-bond donors (Lipinski definition) is 3. The third-order valence-corrected chi connectivity index (χ3v) is 8.73. The van der Waals surface area contributed by atoms with Crippen LogP contribution in [0.4, 0.5) is 4.39 Å². The van der Waals surface area contributed by atoms with E-state index in [9.17, 15) is 24.0 Å². The SMILES string of the molecule is COc1ccc(B(O)O)cc1CN(C(=O)c1sc2cccc(F)c2c1Cl)C1CCC(NCC(=O)OC(C)(C)C)CC1. The Labute approximate surface area is 248 Å². The average Bonchev–Trinajstić information content (AvgIpc) is 3.26. The lowest BCUT2D eigenvalue weighted by atomic mass is 9.79. The molecule has 1 fully saturated rings. The highest BCUT2D eigenvalue weighted by Gasteiger charge is 2.33. The Morgan fingerprint density at radius 2 is 1.88 bits per heavy atom. The van der Waals surface area contributed by atoms with Gasteiger partial charge in [-0.2, -0.15) is 0 Å². The Morgan fingerprint density at radius 1 is 1.17 bits per heavy atom. The molecule has 0 radical (unpaired) electrons. The topological polar surface area (TPSA) is 108 Å². The van der Waals surface area contributed by atoms with E-state index >= 15 is 0 Å². The molecule has 3 N–H and O–H groups in total. The van der Waals surface area contributed by atoms with Gasteiger partial charge in [0.1, 0.15) is 22.0 Å². The molecule has 41 heavy (non-hydrogen) atoms. The fraction of sp³-hybridized carbons (Fsp3) is 0.448. The minimum Gasteiger partial charge on any atom is -0.496 e. The zero-order valence-corrected chi connectivity index (χ0v) is 25.2. The quantitative estimate of drug-likeness (QED) is 0.247. The van der Waals surface area contributed by atoms with Crippen molar-refractivity contribution in [3.63, 3.8) is 0 Å². The number of halogens is 2. The van der Waals surface area contributed by atoms with Crippen molar-refractivity contribution in [2.24, 2.45) is 0 Å². The van der Waals surface area contributed by atoms with Crippen LogP contribution in [-0.2, 0) is 16.1 Å². The van der Waals surface area contributed by atoms with Gasteiger partial charge in [-0.25, -0.2) is 4.39 Å². The molecule has 1 aliphatic carbocycles. The molecule has 0 bridgehead atoms. The number of ether oxygens (including phenoxy) is 2. The van der Waals surface area contributed by atoms with Crippen molar-refractivity contribution in [2.75, 3.05) is 13.7 Å². The molecule has 0 unspecified atom stereocenters. The highest BCUT2D eigenvalue weighted by atomic mass is 35.5. The molecule has 0 saturated heterocycles. The van der Waals surface area contributed by atoms with Crippen LogP contribution in [0.5, 0.6) is 5.75 Å². The summed E-state index contributed by atoms with van der Waals surface area (Å²) in [5.74, 6) is -0.649. The van der Waals surface area contributed by atoms with Gasteiger partial charge in [0.05, 0.1) is 18.7 Å². The predicted molar refractivity (Wildman–Crippen MR) is 159 cm³/mol. The number of esters is 1. The van der Waals surface area contributed by atoms with E-state index in [1.165, 1.54) is 13.2 Å². The summed E-state index contributed by atoms with van der Waals surface area (Å²) in [4.78, 5) is 28.2. The molecule has 4 rings (SSSR count). The maximum Gasteiger partial charge on any atom is 0.488 e. The smallest absolute Gasteiger partial charge is 0.488 e. The standard InChI is InChI=1S/C29H35BClFN2O6S/c1-29(2,3)40-24(35)15-33-19-9-11-20(12-10-19)34(16-17-14-18(30(37)38)8-13-22(17)39-4)28(36)27-26(31)25-21(32)6-5-7-23(25)41-27/h5-8,13-14,19-20,33,37-38H,9-12,15-16H2,1-4H3. The van der Waals surface area contributed by atoms with Gasteiger partial charge in [-0.15, -0.1) is 11.3 Å². The summed E-state index contributed by atoms with van der Waals surface area (Å²) in [6.07, 6.45) is 2.75. The van der Waals surface area contributed by atoms with Gasteiger partial charge in [0.2, 0.25) is 0 Å². The zero-order valence-electron chi connectivity index (χ0n) is 23.6. The Morgan fingerprint density at radius 3 is 2.49 bits per heavy atom. The summed E-state index contributed by atoms with van der Waals surface area (Å²) in [5, 5.41) is 23.1. The number of rotatable bonds is 9. The Balaban J connectivity index is 1.59. The van der Waals surface area contributed by atoms with E-state index in [0.29, 0.717) is 28.9 Å². The number of fused-ring (bicyclic) bond motifs is 1. The van der Waals surface area contributed by atoms with Gasteiger partial charge < -0.3 is 29.7 Å². The van der Waals surface area contributed by atoms with Crippen molar-refractivity contribution in [2.45, 2.75) is 70.7 Å². The van der Waals surface area contributed by atoms with Gasteiger partial charge in [0.25, 0.3) is 5.91 Å². The van der Waals surface area contributed by atoms with E-state index in [2.05, 4.69) is 5.32 Å². The molecule has 1 amide bonds. The molecule has 0 spiro atoms. The fourth-order valence-corrected chi connectivity index (χ4v) is 6.68. The summed E-state index contributed by atoms with van der Waals surface area (Å²) in [6, 6.07) is 9.31. The summed E-state index contributed by atoms with van der Waals surface area (Å²) < 4.78 is 26.1. The highest BCUT2D eigenvalue weighted by molar-refractivity contribution is 7.21. The van der Waals surface area contributed by atoms with E-state index in [-0.39, 0.29) is 57.8 Å². The monoisotopic (exact) mass is 604 g/mol. The Kier molecular flexibility index (Phi) is 9.97. The molecule has 0 atom stereocenters. The van der Waals surface area contributed by atoms with E-state index in [1.807, 2.05) is 20.8 Å². The number of carbonyl (C=O) groups is 2. The molecule has 12 heteroatoms. The van der Waals surface area contributed by atoms with Crippen molar-refractivity contribution >= 4 is 57.5 Å².